The van der Waals surface area contributed by atoms with E-state index in [1.54, 1.807) is 6.07 Å². The molecule has 5 nitrogen and oxygen atoms in total. The molecule has 2 aliphatic heterocycles. The molecule has 0 saturated carbocycles. The number of carbonyl (C=O) groups excluding carboxylic acids is 1. The number of fused-ring (bicyclic) bond motifs is 2. The third-order valence-corrected chi connectivity index (χ3v) is 7.03. The number of rotatable bonds is 2. The summed E-state index contributed by atoms with van der Waals surface area (Å²) in [7, 11) is 0. The Kier molecular flexibility index (Phi) is 4.97. The molecule has 0 amide bonds. The number of carbonyl (C=O) groups is 1. The molecule has 3 aromatic carbocycles. The van der Waals surface area contributed by atoms with Crippen molar-refractivity contribution in [3.05, 3.63) is 93.1 Å². The van der Waals surface area contributed by atoms with Gasteiger partial charge in [0.15, 0.2) is 17.3 Å². The minimum atomic E-state index is -0.420. The van der Waals surface area contributed by atoms with Gasteiger partial charge in [-0.25, -0.2) is 0 Å². The van der Waals surface area contributed by atoms with Gasteiger partial charge in [0, 0.05) is 34.3 Å². The molecular formula is C26H20Cl2N2O3. The number of anilines is 2. The fourth-order valence-corrected chi connectivity index (χ4v) is 5.24. The van der Waals surface area contributed by atoms with Gasteiger partial charge in [-0.05, 0) is 48.2 Å². The van der Waals surface area contributed by atoms with E-state index in [2.05, 4.69) is 10.6 Å². The Balaban J connectivity index is 1.47. The first kappa shape index (κ1) is 20.5. The maximum Gasteiger partial charge on any atom is 0.231 e. The van der Waals surface area contributed by atoms with Gasteiger partial charge in [0.1, 0.15) is 0 Å². The van der Waals surface area contributed by atoms with Crippen molar-refractivity contribution in [3.63, 3.8) is 0 Å². The van der Waals surface area contributed by atoms with Gasteiger partial charge < -0.3 is 20.1 Å². The number of ketones is 1. The lowest BCUT2D eigenvalue weighted by molar-refractivity contribution is -0.116. The van der Waals surface area contributed by atoms with E-state index in [0.717, 1.165) is 28.2 Å². The molecule has 2 N–H and O–H groups in total. The molecular weight excluding hydrogens is 459 g/mol. The SMILES string of the molecule is O=C1C[C@@H](c2ccc(Cl)cc2)CC2=C1[C@H](c1cc3c(cc1Cl)OCO3)Nc1ccccc1N2. The Labute approximate surface area is 201 Å². The molecule has 7 heteroatoms. The first-order chi connectivity index (χ1) is 16.1. The fourth-order valence-electron chi connectivity index (χ4n) is 4.85. The lowest BCUT2D eigenvalue weighted by atomic mass is 9.78. The zero-order chi connectivity index (χ0) is 22.5. The predicted molar refractivity (Wildman–Crippen MR) is 129 cm³/mol. The second kappa shape index (κ2) is 8.01. The number of benzene rings is 3. The Hall–Kier alpha value is -3.15. The number of hydrogen-bond donors (Lipinski definition) is 2. The van der Waals surface area contributed by atoms with Gasteiger partial charge in [0.05, 0.1) is 22.4 Å². The molecule has 1 aliphatic carbocycles. The summed E-state index contributed by atoms with van der Waals surface area (Å²) in [6, 6.07) is 18.9. The number of hydrogen-bond acceptors (Lipinski definition) is 5. The van der Waals surface area contributed by atoms with E-state index in [1.165, 1.54) is 0 Å². The number of Topliss-reactive ketones (excluding diaryl/α,β-unsaturated/α-hetero) is 1. The molecule has 3 aliphatic rings. The zero-order valence-corrected chi connectivity index (χ0v) is 19.0. The molecule has 6 rings (SSSR count). The second-order valence-electron chi connectivity index (χ2n) is 8.45. The highest BCUT2D eigenvalue weighted by atomic mass is 35.5. The molecule has 0 saturated heterocycles. The summed E-state index contributed by atoms with van der Waals surface area (Å²) in [6.07, 6.45) is 1.12. The van der Waals surface area contributed by atoms with Crippen molar-refractivity contribution >= 4 is 40.4 Å². The molecule has 0 fully saturated rings. The van der Waals surface area contributed by atoms with Crippen molar-refractivity contribution < 1.29 is 14.3 Å². The number of nitrogens with one attached hydrogen (secondary N) is 2. The van der Waals surface area contributed by atoms with Crippen LogP contribution in [0.15, 0.2) is 71.9 Å². The van der Waals surface area contributed by atoms with Gasteiger partial charge in [-0.2, -0.15) is 0 Å². The van der Waals surface area contributed by atoms with Crippen molar-refractivity contribution in [3.8, 4) is 11.5 Å². The number of allylic oxidation sites excluding steroid dienone is 1. The van der Waals surface area contributed by atoms with Crippen LogP contribution >= 0.6 is 23.2 Å². The summed E-state index contributed by atoms with van der Waals surface area (Å²) >= 11 is 12.8. The smallest absolute Gasteiger partial charge is 0.231 e. The Morgan fingerprint density at radius 3 is 2.39 bits per heavy atom. The van der Waals surface area contributed by atoms with E-state index < -0.39 is 6.04 Å². The van der Waals surface area contributed by atoms with Crippen LogP contribution in [0.1, 0.15) is 35.9 Å². The first-order valence-corrected chi connectivity index (χ1v) is 11.6. The fraction of sp³-hybridized carbons (Fsp3) is 0.192. The van der Waals surface area contributed by atoms with Crippen LogP contribution in [0.25, 0.3) is 0 Å². The maximum absolute atomic E-state index is 13.6. The van der Waals surface area contributed by atoms with Gasteiger partial charge in [0.25, 0.3) is 0 Å². The molecule has 0 radical (unpaired) electrons. The van der Waals surface area contributed by atoms with Crippen molar-refractivity contribution in [2.75, 3.05) is 17.4 Å². The van der Waals surface area contributed by atoms with Crippen molar-refractivity contribution in [2.45, 2.75) is 24.8 Å². The van der Waals surface area contributed by atoms with Crippen LogP contribution in [0.2, 0.25) is 10.0 Å². The largest absolute Gasteiger partial charge is 0.454 e. The van der Waals surface area contributed by atoms with Crippen LogP contribution in [-0.4, -0.2) is 12.6 Å². The molecule has 0 aromatic heterocycles. The van der Waals surface area contributed by atoms with Gasteiger partial charge >= 0.3 is 0 Å². The van der Waals surface area contributed by atoms with Gasteiger partial charge in [-0.3, -0.25) is 4.79 Å². The highest BCUT2D eigenvalue weighted by molar-refractivity contribution is 6.32. The molecule has 33 heavy (non-hydrogen) atoms. The minimum Gasteiger partial charge on any atom is -0.454 e. The summed E-state index contributed by atoms with van der Waals surface area (Å²) in [6.45, 7) is 0.160. The summed E-state index contributed by atoms with van der Waals surface area (Å²) in [5.74, 6) is 1.40. The molecule has 0 unspecified atom stereocenters. The van der Waals surface area contributed by atoms with E-state index in [4.69, 9.17) is 32.7 Å². The molecule has 0 spiro atoms. The topological polar surface area (TPSA) is 59.6 Å². The average molecular weight is 479 g/mol. The van der Waals surface area contributed by atoms with Crippen LogP contribution in [0.3, 0.4) is 0 Å². The first-order valence-electron chi connectivity index (χ1n) is 10.8. The Morgan fingerprint density at radius 1 is 0.879 bits per heavy atom. The maximum atomic E-state index is 13.6. The van der Waals surface area contributed by atoms with Gasteiger partial charge in [0.2, 0.25) is 6.79 Å². The van der Waals surface area contributed by atoms with Crippen LogP contribution in [0.5, 0.6) is 11.5 Å². The monoisotopic (exact) mass is 478 g/mol. The van der Waals surface area contributed by atoms with Crippen molar-refractivity contribution in [1.29, 1.82) is 0 Å². The van der Waals surface area contributed by atoms with Crippen LogP contribution in [0, 0.1) is 0 Å². The van der Waals surface area contributed by atoms with Crippen molar-refractivity contribution in [1.82, 2.24) is 0 Å². The molecule has 2 heterocycles. The van der Waals surface area contributed by atoms with Crippen LogP contribution in [-0.2, 0) is 4.79 Å². The minimum absolute atomic E-state index is 0.0687. The zero-order valence-electron chi connectivity index (χ0n) is 17.5. The molecule has 2 atom stereocenters. The second-order valence-corrected chi connectivity index (χ2v) is 9.29. The van der Waals surface area contributed by atoms with Crippen LogP contribution in [0.4, 0.5) is 11.4 Å². The highest BCUT2D eigenvalue weighted by Gasteiger charge is 2.37. The van der Waals surface area contributed by atoms with E-state index >= 15 is 0 Å². The lowest BCUT2D eigenvalue weighted by Gasteiger charge is -2.30. The quantitative estimate of drug-likeness (QED) is 0.428. The number of ether oxygens (including phenoxy) is 2. The molecule has 0 bridgehead atoms. The summed E-state index contributed by atoms with van der Waals surface area (Å²) < 4.78 is 11.1. The van der Waals surface area contributed by atoms with E-state index in [-0.39, 0.29) is 18.5 Å². The Bertz CT molecular complexity index is 1300. The van der Waals surface area contributed by atoms with Gasteiger partial charge in [-0.15, -0.1) is 0 Å². The van der Waals surface area contributed by atoms with E-state index in [0.29, 0.717) is 40.0 Å². The van der Waals surface area contributed by atoms with E-state index in [9.17, 15) is 4.79 Å². The highest BCUT2D eigenvalue weighted by Crippen LogP contribution is 2.47. The Morgan fingerprint density at radius 2 is 1.61 bits per heavy atom. The lowest BCUT2D eigenvalue weighted by Crippen LogP contribution is -2.27. The summed E-state index contributed by atoms with van der Waals surface area (Å²) in [5, 5.41) is 8.31. The molecule has 166 valence electrons. The van der Waals surface area contributed by atoms with Gasteiger partial charge in [-0.1, -0.05) is 47.5 Å². The summed E-state index contributed by atoms with van der Waals surface area (Å²) in [5.41, 5.74) is 5.32. The summed E-state index contributed by atoms with van der Waals surface area (Å²) in [4.78, 5) is 13.6. The average Bonchev–Trinajstić information content (AvgIpc) is 3.18. The third-order valence-electron chi connectivity index (χ3n) is 6.45. The third kappa shape index (κ3) is 3.62. The standard InChI is InChI=1S/C26H20Cl2N2O3/c27-16-7-5-14(6-8-16)15-9-21-25(22(31)10-15)26(30-20-4-2-1-3-19(20)29-21)17-11-23-24(12-18(17)28)33-13-32-23/h1-8,11-12,15,26,29-30H,9-10,13H2/t15-,26-/m0/s1. The predicted octanol–water partition coefficient (Wildman–Crippen LogP) is 6.70. The van der Waals surface area contributed by atoms with Crippen molar-refractivity contribution in [2.24, 2.45) is 0 Å². The molecule has 3 aromatic rings. The van der Waals surface area contributed by atoms with Crippen LogP contribution < -0.4 is 20.1 Å². The van der Waals surface area contributed by atoms with E-state index in [1.807, 2.05) is 54.6 Å². The normalized spacial score (nSPS) is 21.0. The number of halogens is 2. The number of para-hydroxylation sites is 2.